The highest BCUT2D eigenvalue weighted by Gasteiger charge is 2.31. The van der Waals surface area contributed by atoms with Crippen molar-refractivity contribution in [1.29, 1.82) is 0 Å². The van der Waals surface area contributed by atoms with Crippen LogP contribution in [0.2, 0.25) is 0 Å². The monoisotopic (exact) mass is 654 g/mol. The molecule has 0 atom stereocenters. The zero-order valence-corrected chi connectivity index (χ0v) is 29.5. The average molecular weight is 655 g/mol. The molecule has 246 valence electrons. The van der Waals surface area contributed by atoms with Gasteiger partial charge in [0.25, 0.3) is 0 Å². The lowest BCUT2D eigenvalue weighted by Crippen LogP contribution is -2.08. The smallest absolute Gasteiger partial charge is 0.000741 e. The van der Waals surface area contributed by atoms with Gasteiger partial charge in [-0.15, -0.1) is 0 Å². The van der Waals surface area contributed by atoms with E-state index in [1.54, 1.807) is 0 Å². The van der Waals surface area contributed by atoms with Crippen LogP contribution in [0.5, 0.6) is 0 Å². The van der Waals surface area contributed by atoms with Crippen LogP contribution >= 0.6 is 0 Å². The van der Waals surface area contributed by atoms with Crippen LogP contribution in [-0.4, -0.2) is 0 Å². The third kappa shape index (κ3) is 5.47. The van der Waals surface area contributed by atoms with Crippen molar-refractivity contribution in [3.63, 3.8) is 0 Å². The summed E-state index contributed by atoms with van der Waals surface area (Å²) in [4.78, 5) is 0. The number of fused-ring (bicyclic) bond motifs is 4. The van der Waals surface area contributed by atoms with Crippen LogP contribution in [0.25, 0.3) is 88.3 Å². The van der Waals surface area contributed by atoms with Gasteiger partial charge in [-0.05, 0) is 101 Å². The summed E-state index contributed by atoms with van der Waals surface area (Å²) >= 11 is 0. The van der Waals surface area contributed by atoms with Gasteiger partial charge < -0.3 is 0 Å². The second kappa shape index (κ2) is 13.2. The Labute approximate surface area is 302 Å². The summed E-state index contributed by atoms with van der Waals surface area (Å²) in [5.41, 5.74) is 16.7. The van der Waals surface area contributed by atoms with Gasteiger partial charge in [0.15, 0.2) is 0 Å². The van der Waals surface area contributed by atoms with Crippen molar-refractivity contribution in [2.75, 3.05) is 0 Å². The molecule has 0 amide bonds. The van der Waals surface area contributed by atoms with Crippen LogP contribution in [0.15, 0.2) is 164 Å². The first-order valence-corrected chi connectivity index (χ1v) is 18.6. The fourth-order valence-electron chi connectivity index (χ4n) is 8.35. The molecule has 2 aliphatic rings. The van der Waals surface area contributed by atoms with Crippen molar-refractivity contribution in [1.82, 2.24) is 0 Å². The first-order valence-electron chi connectivity index (χ1n) is 18.6. The lowest BCUT2D eigenvalue weighted by Gasteiger charge is -2.22. The highest BCUT2D eigenvalue weighted by molar-refractivity contribution is 6.28. The molecule has 1 fully saturated rings. The summed E-state index contributed by atoms with van der Waals surface area (Å²) in [5.74, 6) is 1.12. The number of benzene rings is 8. The van der Waals surface area contributed by atoms with Gasteiger partial charge >= 0.3 is 0 Å². The van der Waals surface area contributed by atoms with E-state index >= 15 is 0 Å². The number of hydrogen-bond acceptors (Lipinski definition) is 0. The summed E-state index contributed by atoms with van der Waals surface area (Å²) in [5, 5.41) is 5.22. The van der Waals surface area contributed by atoms with Crippen LogP contribution < -0.4 is 0 Å². The molecule has 0 aliphatic heterocycles. The third-order valence-corrected chi connectivity index (χ3v) is 11.3. The molecule has 51 heavy (non-hydrogen) atoms. The molecule has 1 saturated carbocycles. The van der Waals surface area contributed by atoms with Crippen molar-refractivity contribution >= 4 is 21.5 Å². The molecule has 8 aromatic carbocycles. The van der Waals surface area contributed by atoms with E-state index in [2.05, 4.69) is 178 Å². The molecule has 2 aliphatic carbocycles. The summed E-state index contributed by atoms with van der Waals surface area (Å²) in [6.07, 6.45) is 5.94. The molecule has 0 bridgehead atoms. The SMILES string of the molecule is CCC1CCC1.Cc1ccc(-c2ccc(-c3ccc4c5c(cccc35)-c3c-4c(-c4ccccc4)c4ccccc4c3-c3ccccc3)cc2)cc1. The maximum absolute atomic E-state index is 2.37. The number of aryl methyl sites for hydroxylation is 1. The standard InChI is InChI=1S/C45H30.C6H12/c1-29-19-21-30(22-20-29)31-23-25-32(26-24-31)35-27-28-40-43-36(35)17-10-18-39(43)44-41(33-11-4-2-5-12-33)37-15-8-9-16-38(37)42(45(40)44)34-13-6-3-7-14-34;1-2-6-4-3-5-6/h2-28H,1H3;6H,2-5H2,1H3. The van der Waals surface area contributed by atoms with E-state index in [9.17, 15) is 0 Å². The Balaban J connectivity index is 0.000000529. The van der Waals surface area contributed by atoms with Crippen molar-refractivity contribution in [3.8, 4) is 66.8 Å². The van der Waals surface area contributed by atoms with Crippen molar-refractivity contribution < 1.29 is 0 Å². The Kier molecular flexibility index (Phi) is 8.09. The Morgan fingerprint density at radius 3 is 1.37 bits per heavy atom. The molecule has 0 nitrogen and oxygen atoms in total. The minimum Gasteiger partial charge on any atom is -0.0651 e. The maximum Gasteiger partial charge on any atom is -0.000741 e. The Morgan fingerprint density at radius 1 is 0.392 bits per heavy atom. The average Bonchev–Trinajstić information content (AvgIpc) is 3.50. The highest BCUT2D eigenvalue weighted by atomic mass is 14.3. The minimum absolute atomic E-state index is 1.12. The van der Waals surface area contributed by atoms with E-state index in [0.717, 1.165) is 5.92 Å². The normalized spacial score (nSPS) is 13.1. The number of rotatable bonds is 5. The van der Waals surface area contributed by atoms with Gasteiger partial charge in [0.05, 0.1) is 0 Å². The number of hydrogen-bond donors (Lipinski definition) is 0. The van der Waals surface area contributed by atoms with Gasteiger partial charge in [0.1, 0.15) is 0 Å². The summed E-state index contributed by atoms with van der Waals surface area (Å²) in [7, 11) is 0. The van der Waals surface area contributed by atoms with E-state index in [1.807, 2.05) is 0 Å². The predicted octanol–water partition coefficient (Wildman–Crippen LogP) is 14.8. The Bertz CT molecular complexity index is 2400. The van der Waals surface area contributed by atoms with Crippen LogP contribution in [0, 0.1) is 12.8 Å². The lowest BCUT2D eigenvalue weighted by molar-refractivity contribution is 0.307. The molecule has 8 aromatic rings. The van der Waals surface area contributed by atoms with Crippen LogP contribution in [-0.2, 0) is 0 Å². The molecule has 0 unspecified atom stereocenters. The maximum atomic E-state index is 2.37. The highest BCUT2D eigenvalue weighted by Crippen LogP contribution is 2.58. The van der Waals surface area contributed by atoms with Crippen molar-refractivity contribution in [2.24, 2.45) is 5.92 Å². The summed E-state index contributed by atoms with van der Waals surface area (Å²) < 4.78 is 0. The third-order valence-electron chi connectivity index (χ3n) is 11.3. The Hall–Kier alpha value is -5.72. The second-order valence-corrected chi connectivity index (χ2v) is 14.3. The van der Waals surface area contributed by atoms with Gasteiger partial charge in [0.2, 0.25) is 0 Å². The molecule has 0 saturated heterocycles. The molecule has 0 spiro atoms. The first-order chi connectivity index (χ1) is 25.2. The fourth-order valence-corrected chi connectivity index (χ4v) is 8.35. The van der Waals surface area contributed by atoms with E-state index in [1.165, 1.54) is 120 Å². The van der Waals surface area contributed by atoms with Crippen molar-refractivity contribution in [2.45, 2.75) is 39.5 Å². The largest absolute Gasteiger partial charge is 0.0651 e. The Morgan fingerprint density at radius 2 is 0.863 bits per heavy atom. The lowest BCUT2D eigenvalue weighted by atomic mass is 9.82. The van der Waals surface area contributed by atoms with Gasteiger partial charge in [-0.3, -0.25) is 0 Å². The first kappa shape index (κ1) is 31.3. The molecule has 0 radical (unpaired) electrons. The van der Waals surface area contributed by atoms with Gasteiger partial charge in [0, 0.05) is 0 Å². The summed E-state index contributed by atoms with van der Waals surface area (Å²) in [6.45, 7) is 4.42. The van der Waals surface area contributed by atoms with Gasteiger partial charge in [-0.25, -0.2) is 0 Å². The van der Waals surface area contributed by atoms with Crippen molar-refractivity contribution in [3.05, 3.63) is 169 Å². The van der Waals surface area contributed by atoms with Crippen LogP contribution in [0.4, 0.5) is 0 Å². The van der Waals surface area contributed by atoms with Gasteiger partial charge in [-0.1, -0.05) is 202 Å². The molecule has 10 rings (SSSR count). The zero-order valence-electron chi connectivity index (χ0n) is 29.5. The molecule has 0 aromatic heterocycles. The molecule has 0 heterocycles. The van der Waals surface area contributed by atoms with E-state index in [-0.39, 0.29) is 0 Å². The topological polar surface area (TPSA) is 0 Å². The van der Waals surface area contributed by atoms with Crippen LogP contribution in [0.1, 0.15) is 38.2 Å². The van der Waals surface area contributed by atoms with Crippen LogP contribution in [0.3, 0.4) is 0 Å². The van der Waals surface area contributed by atoms with E-state index < -0.39 is 0 Å². The molecular formula is C51H42. The predicted molar refractivity (Wildman–Crippen MR) is 220 cm³/mol. The van der Waals surface area contributed by atoms with Gasteiger partial charge in [-0.2, -0.15) is 0 Å². The van der Waals surface area contributed by atoms with E-state index in [0.29, 0.717) is 0 Å². The minimum atomic E-state index is 1.12. The fraction of sp³-hybridized carbons (Fsp3) is 0.137. The zero-order chi connectivity index (χ0) is 34.3. The second-order valence-electron chi connectivity index (χ2n) is 14.3. The quantitative estimate of drug-likeness (QED) is 0.173. The summed E-state index contributed by atoms with van der Waals surface area (Å²) in [6, 6.07) is 60.3. The van der Waals surface area contributed by atoms with E-state index in [4.69, 9.17) is 0 Å². The molecule has 0 heteroatoms. The molecular weight excluding hydrogens is 613 g/mol. The molecule has 0 N–H and O–H groups in total.